The summed E-state index contributed by atoms with van der Waals surface area (Å²) < 4.78 is 35.9. The first-order valence-corrected chi connectivity index (χ1v) is 12.6. The lowest BCUT2D eigenvalue weighted by molar-refractivity contribution is -0.119. The Kier molecular flexibility index (Phi) is 9.01. The average molecular weight is 511 g/mol. The first kappa shape index (κ1) is 26.2. The highest BCUT2D eigenvalue weighted by atomic mass is 32.2. The van der Waals surface area contributed by atoms with Gasteiger partial charge >= 0.3 is 0 Å². The molecule has 3 aromatic rings. The van der Waals surface area contributed by atoms with Gasteiger partial charge < -0.3 is 14.8 Å². The van der Waals surface area contributed by atoms with Crippen LogP contribution in [0.15, 0.2) is 84.0 Å². The van der Waals surface area contributed by atoms with E-state index in [0.29, 0.717) is 28.4 Å². The van der Waals surface area contributed by atoms with Gasteiger partial charge in [-0.15, -0.1) is 0 Å². The number of hydrogen-bond donors (Lipinski definition) is 2. The molecule has 2 N–H and O–H groups in total. The average Bonchev–Trinajstić information content (AvgIpc) is 2.87. The zero-order valence-electron chi connectivity index (χ0n) is 19.7. The minimum Gasteiger partial charge on any atom is -0.497 e. The van der Waals surface area contributed by atoms with Crippen LogP contribution in [0.3, 0.4) is 0 Å². The zero-order valence-corrected chi connectivity index (χ0v) is 20.6. The van der Waals surface area contributed by atoms with Crippen LogP contribution in [0.25, 0.3) is 0 Å². The summed E-state index contributed by atoms with van der Waals surface area (Å²) in [6.45, 7) is -0.594. The van der Waals surface area contributed by atoms with Gasteiger partial charge in [0.1, 0.15) is 18.0 Å². The Morgan fingerprint density at radius 2 is 1.56 bits per heavy atom. The van der Waals surface area contributed by atoms with Gasteiger partial charge in [-0.1, -0.05) is 18.2 Å². The minimum absolute atomic E-state index is 0.149. The molecule has 0 aromatic heterocycles. The topological polar surface area (TPSA) is 126 Å². The van der Waals surface area contributed by atoms with E-state index in [0.717, 1.165) is 10.6 Å². The number of amides is 2. The molecule has 3 rings (SSSR count). The van der Waals surface area contributed by atoms with Crippen LogP contribution in [0.4, 0.5) is 11.4 Å². The summed E-state index contributed by atoms with van der Waals surface area (Å²) in [5.41, 5.74) is 3.99. The summed E-state index contributed by atoms with van der Waals surface area (Å²) in [7, 11) is -2.21. The first-order valence-electron chi connectivity index (χ1n) is 10.8. The summed E-state index contributed by atoms with van der Waals surface area (Å²) in [6.07, 6.45) is 2.42. The lowest BCUT2D eigenvalue weighted by Gasteiger charge is -2.21. The Hall–Kier alpha value is -4.38. The molecule has 0 heterocycles. The van der Waals surface area contributed by atoms with E-state index in [1.807, 2.05) is 18.2 Å². The van der Waals surface area contributed by atoms with Gasteiger partial charge in [0, 0.05) is 5.69 Å². The Morgan fingerprint density at radius 3 is 2.17 bits per heavy atom. The highest BCUT2D eigenvalue weighted by molar-refractivity contribution is 7.92. The van der Waals surface area contributed by atoms with Crippen LogP contribution in [0.5, 0.6) is 11.5 Å². The molecule has 0 aliphatic carbocycles. The number of carbonyl (C=O) groups excluding carboxylic acids is 2. The van der Waals surface area contributed by atoms with Crippen LogP contribution in [0, 0.1) is 0 Å². The number of benzene rings is 3. The first-order chi connectivity index (χ1) is 17.2. The number of nitrogens with zero attached hydrogens (tertiary/aromatic N) is 2. The molecule has 0 radical (unpaired) electrons. The van der Waals surface area contributed by atoms with Gasteiger partial charge in [0.25, 0.3) is 11.8 Å². The Labute approximate surface area is 209 Å². The highest BCUT2D eigenvalue weighted by Crippen LogP contribution is 2.21. The zero-order chi connectivity index (χ0) is 26.0. The summed E-state index contributed by atoms with van der Waals surface area (Å²) in [5, 5.41) is 6.61. The number of ether oxygens (including phenoxy) is 2. The smallest absolute Gasteiger partial charge is 0.262 e. The second kappa shape index (κ2) is 12.4. The largest absolute Gasteiger partial charge is 0.497 e. The van der Waals surface area contributed by atoms with Crippen molar-refractivity contribution in [3.8, 4) is 11.5 Å². The van der Waals surface area contributed by atoms with Crippen LogP contribution in [-0.4, -0.2) is 53.0 Å². The van der Waals surface area contributed by atoms with E-state index in [-0.39, 0.29) is 12.5 Å². The number of para-hydroxylation sites is 1. The molecule has 0 aliphatic heterocycles. The van der Waals surface area contributed by atoms with E-state index >= 15 is 0 Å². The van der Waals surface area contributed by atoms with E-state index < -0.39 is 22.5 Å². The van der Waals surface area contributed by atoms with Crippen molar-refractivity contribution in [3.63, 3.8) is 0 Å². The predicted octanol–water partition coefficient (Wildman–Crippen LogP) is 2.63. The van der Waals surface area contributed by atoms with Gasteiger partial charge in [-0.2, -0.15) is 5.10 Å². The number of hydrazone groups is 1. The van der Waals surface area contributed by atoms with Gasteiger partial charge in [0.05, 0.1) is 25.3 Å². The molecule has 188 valence electrons. The molecule has 3 aromatic carbocycles. The van der Waals surface area contributed by atoms with Crippen LogP contribution < -0.4 is 24.5 Å². The standard InChI is InChI=1S/C25H26N4O6S/c1-34-22-14-10-21(11-15-22)29(36(2,32)33)17-24(30)28-26-16-19-8-12-23(13-9-19)35-18-25(31)27-20-6-4-3-5-7-20/h3-16H,17-18H2,1-2H3,(H,27,31)(H,28,30)/b26-16-. The molecule has 0 bridgehead atoms. The van der Waals surface area contributed by atoms with Gasteiger partial charge in [-0.25, -0.2) is 13.8 Å². The van der Waals surface area contributed by atoms with Crippen molar-refractivity contribution >= 4 is 39.4 Å². The van der Waals surface area contributed by atoms with Crippen molar-refractivity contribution in [2.24, 2.45) is 5.10 Å². The van der Waals surface area contributed by atoms with Crippen molar-refractivity contribution in [3.05, 3.63) is 84.4 Å². The third kappa shape index (κ3) is 8.13. The van der Waals surface area contributed by atoms with E-state index in [1.54, 1.807) is 60.7 Å². The molecule has 0 atom stereocenters. The summed E-state index contributed by atoms with van der Waals surface area (Å²) in [4.78, 5) is 24.3. The van der Waals surface area contributed by atoms with E-state index in [4.69, 9.17) is 9.47 Å². The molecule has 2 amide bonds. The van der Waals surface area contributed by atoms with Crippen LogP contribution in [0.2, 0.25) is 0 Å². The quantitative estimate of drug-likeness (QED) is 0.302. The number of rotatable bonds is 11. The second-order valence-electron chi connectivity index (χ2n) is 7.53. The monoisotopic (exact) mass is 510 g/mol. The minimum atomic E-state index is -3.71. The third-order valence-electron chi connectivity index (χ3n) is 4.76. The maximum absolute atomic E-state index is 12.3. The molecule has 11 heteroatoms. The summed E-state index contributed by atoms with van der Waals surface area (Å²) >= 11 is 0. The third-order valence-corrected chi connectivity index (χ3v) is 5.90. The van der Waals surface area contributed by atoms with Crippen LogP contribution in [-0.2, 0) is 19.6 Å². The molecular weight excluding hydrogens is 484 g/mol. The number of sulfonamides is 1. The molecule has 0 fully saturated rings. The highest BCUT2D eigenvalue weighted by Gasteiger charge is 2.20. The Morgan fingerprint density at radius 1 is 0.917 bits per heavy atom. The fraction of sp³-hybridized carbons (Fsp3) is 0.160. The molecule has 0 saturated heterocycles. The molecule has 0 unspecified atom stereocenters. The van der Waals surface area contributed by atoms with Gasteiger partial charge in [-0.05, 0) is 66.2 Å². The lowest BCUT2D eigenvalue weighted by Crippen LogP contribution is -2.39. The van der Waals surface area contributed by atoms with Gasteiger partial charge in [0.15, 0.2) is 6.61 Å². The molecule has 0 aliphatic rings. The lowest BCUT2D eigenvalue weighted by atomic mass is 10.2. The normalized spacial score (nSPS) is 11.1. The van der Waals surface area contributed by atoms with E-state index in [1.165, 1.54) is 13.3 Å². The summed E-state index contributed by atoms with van der Waals surface area (Å²) in [5.74, 6) is 0.153. The second-order valence-corrected chi connectivity index (χ2v) is 9.44. The number of anilines is 2. The van der Waals surface area contributed by atoms with Crippen molar-refractivity contribution < 1.29 is 27.5 Å². The van der Waals surface area contributed by atoms with Gasteiger partial charge in [-0.3, -0.25) is 13.9 Å². The van der Waals surface area contributed by atoms with Crippen molar-refractivity contribution in [2.75, 3.05) is 36.1 Å². The number of carbonyl (C=O) groups is 2. The van der Waals surface area contributed by atoms with E-state index in [9.17, 15) is 18.0 Å². The maximum atomic E-state index is 12.3. The van der Waals surface area contributed by atoms with E-state index in [2.05, 4.69) is 15.8 Å². The molecule has 10 nitrogen and oxygen atoms in total. The molecule has 0 saturated carbocycles. The van der Waals surface area contributed by atoms with Crippen molar-refractivity contribution in [1.82, 2.24) is 5.43 Å². The summed E-state index contributed by atoms with van der Waals surface area (Å²) in [6, 6.07) is 22.1. The predicted molar refractivity (Wildman–Crippen MR) is 138 cm³/mol. The fourth-order valence-electron chi connectivity index (χ4n) is 3.01. The van der Waals surface area contributed by atoms with Crippen molar-refractivity contribution in [1.29, 1.82) is 0 Å². The molecular formula is C25H26N4O6S. The SMILES string of the molecule is COc1ccc(N(CC(=O)N/N=C\c2ccc(OCC(=O)Nc3ccccc3)cc2)S(C)(=O)=O)cc1. The van der Waals surface area contributed by atoms with Gasteiger partial charge in [0.2, 0.25) is 10.0 Å². The number of nitrogens with one attached hydrogen (secondary N) is 2. The maximum Gasteiger partial charge on any atom is 0.262 e. The Balaban J connectivity index is 1.49. The van der Waals surface area contributed by atoms with Crippen LogP contribution >= 0.6 is 0 Å². The molecule has 36 heavy (non-hydrogen) atoms. The molecule has 0 spiro atoms. The fourth-order valence-corrected chi connectivity index (χ4v) is 3.87. The number of hydrogen-bond acceptors (Lipinski definition) is 7. The van der Waals surface area contributed by atoms with Crippen molar-refractivity contribution in [2.45, 2.75) is 0 Å². The Bertz CT molecular complexity index is 1290. The van der Waals surface area contributed by atoms with Crippen LogP contribution in [0.1, 0.15) is 5.56 Å². The number of methoxy groups -OCH3 is 1.